The summed E-state index contributed by atoms with van der Waals surface area (Å²) in [6.45, 7) is 6.74. The van der Waals surface area contributed by atoms with Crippen LogP contribution in [0, 0.1) is 0 Å². The van der Waals surface area contributed by atoms with Crippen LogP contribution in [0.5, 0.6) is 0 Å². The second-order valence-electron chi connectivity index (χ2n) is 5.45. The van der Waals surface area contributed by atoms with Crippen molar-refractivity contribution in [2.75, 3.05) is 13.1 Å². The number of hydrogen-bond donors (Lipinski definition) is 2. The Kier molecular flexibility index (Phi) is 4.70. The first kappa shape index (κ1) is 14.9. The monoisotopic (exact) mass is 258 g/mol. The topological polar surface area (TPSA) is 92.9 Å². The molecule has 3 N–H and O–H groups in total. The summed E-state index contributed by atoms with van der Waals surface area (Å²) in [5.41, 5.74) is 5.35. The van der Waals surface area contributed by atoms with Gasteiger partial charge in [0, 0.05) is 19.5 Å². The van der Waals surface area contributed by atoms with Crippen LogP contribution in [0.1, 0.15) is 33.6 Å². The summed E-state index contributed by atoms with van der Waals surface area (Å²) >= 11 is 0. The Morgan fingerprint density at radius 2 is 2.17 bits per heavy atom. The first-order chi connectivity index (χ1) is 8.21. The van der Waals surface area contributed by atoms with Crippen molar-refractivity contribution in [3.63, 3.8) is 0 Å². The van der Waals surface area contributed by atoms with Gasteiger partial charge in [0.25, 0.3) is 0 Å². The van der Waals surface area contributed by atoms with E-state index in [2.05, 4.69) is 0 Å². The summed E-state index contributed by atoms with van der Waals surface area (Å²) in [7, 11) is 0. The lowest BCUT2D eigenvalue weighted by Gasteiger charge is -2.42. The van der Waals surface area contributed by atoms with Crippen LogP contribution in [0.3, 0.4) is 0 Å². The van der Waals surface area contributed by atoms with E-state index < -0.39 is 12.0 Å². The Labute approximate surface area is 107 Å². The lowest BCUT2D eigenvalue weighted by atomic mass is 10.0. The highest BCUT2D eigenvalue weighted by Crippen LogP contribution is 2.21. The van der Waals surface area contributed by atoms with Crippen molar-refractivity contribution >= 4 is 11.9 Å². The minimum atomic E-state index is -0.936. The normalized spacial score (nSPS) is 24.7. The number of amides is 1. The molecule has 2 unspecified atom stereocenters. The molecule has 1 fully saturated rings. The number of aliphatic carboxylic acids is 1. The maximum absolute atomic E-state index is 12.1. The van der Waals surface area contributed by atoms with Crippen molar-refractivity contribution in [2.45, 2.75) is 51.4 Å². The van der Waals surface area contributed by atoms with Gasteiger partial charge >= 0.3 is 5.97 Å². The fourth-order valence-electron chi connectivity index (χ4n) is 2.26. The number of carbonyl (C=O) groups excluding carboxylic acids is 1. The van der Waals surface area contributed by atoms with Crippen LogP contribution in [0.2, 0.25) is 0 Å². The van der Waals surface area contributed by atoms with Gasteiger partial charge in [0.15, 0.2) is 0 Å². The van der Waals surface area contributed by atoms with Crippen LogP contribution >= 0.6 is 0 Å². The number of morpholine rings is 1. The summed E-state index contributed by atoms with van der Waals surface area (Å²) in [6, 6.07) is -0.748. The minimum absolute atomic E-state index is 0.0376. The fraction of sp³-hybridized carbons (Fsp3) is 0.833. The zero-order chi connectivity index (χ0) is 13.9. The maximum atomic E-state index is 12.1. The van der Waals surface area contributed by atoms with Gasteiger partial charge in [-0.3, -0.25) is 9.59 Å². The smallest absolute Gasteiger partial charge is 0.303 e. The first-order valence-electron chi connectivity index (χ1n) is 6.15. The van der Waals surface area contributed by atoms with Crippen LogP contribution in [0.25, 0.3) is 0 Å². The molecule has 6 nitrogen and oxygen atoms in total. The Morgan fingerprint density at radius 3 is 2.67 bits per heavy atom. The molecule has 0 aromatic carbocycles. The van der Waals surface area contributed by atoms with E-state index in [0.717, 1.165) is 0 Å². The summed E-state index contributed by atoms with van der Waals surface area (Å²) in [5, 5.41) is 8.58. The van der Waals surface area contributed by atoms with Gasteiger partial charge in [0.2, 0.25) is 5.91 Å². The van der Waals surface area contributed by atoms with E-state index in [-0.39, 0.29) is 30.5 Å². The third kappa shape index (κ3) is 4.27. The highest BCUT2D eigenvalue weighted by atomic mass is 16.5. The second-order valence-corrected chi connectivity index (χ2v) is 5.45. The van der Waals surface area contributed by atoms with Crippen molar-refractivity contribution in [3.8, 4) is 0 Å². The fourth-order valence-corrected chi connectivity index (χ4v) is 2.26. The van der Waals surface area contributed by atoms with E-state index in [1.807, 2.05) is 20.8 Å². The van der Waals surface area contributed by atoms with E-state index in [9.17, 15) is 9.59 Å². The van der Waals surface area contributed by atoms with E-state index in [4.69, 9.17) is 15.6 Å². The number of nitrogens with two attached hydrogens (primary N) is 1. The maximum Gasteiger partial charge on any atom is 0.303 e. The molecule has 6 heteroatoms. The molecule has 0 bridgehead atoms. The van der Waals surface area contributed by atoms with Crippen molar-refractivity contribution < 1.29 is 19.4 Å². The lowest BCUT2D eigenvalue weighted by molar-refractivity contribution is -0.159. The van der Waals surface area contributed by atoms with Crippen LogP contribution in [0.15, 0.2) is 0 Å². The number of hydrogen-bond acceptors (Lipinski definition) is 4. The van der Waals surface area contributed by atoms with Gasteiger partial charge in [-0.15, -0.1) is 0 Å². The highest BCUT2D eigenvalue weighted by Gasteiger charge is 2.35. The molecule has 2 atom stereocenters. The Balaban J connectivity index is 2.57. The number of carboxylic acid groups (broad SMARTS) is 1. The number of rotatable bonds is 4. The quantitative estimate of drug-likeness (QED) is 0.751. The summed E-state index contributed by atoms with van der Waals surface area (Å²) < 4.78 is 5.70. The summed E-state index contributed by atoms with van der Waals surface area (Å²) in [4.78, 5) is 24.2. The molecule has 0 aromatic rings. The molecule has 0 radical (unpaired) electrons. The lowest BCUT2D eigenvalue weighted by Crippen LogP contribution is -2.57. The standard InChI is InChI=1S/C12H22N2O4/c1-8-6-14(7-12(2,3)18-8)11(17)9(13)4-5-10(15)16/h8-9H,4-7,13H2,1-3H3,(H,15,16). The molecule has 1 aliphatic rings. The molecule has 18 heavy (non-hydrogen) atoms. The van der Waals surface area contributed by atoms with Gasteiger partial charge in [0.1, 0.15) is 0 Å². The molecular formula is C12H22N2O4. The molecule has 0 aromatic heterocycles. The van der Waals surface area contributed by atoms with Crippen LogP contribution < -0.4 is 5.73 Å². The third-order valence-corrected chi connectivity index (χ3v) is 2.87. The van der Waals surface area contributed by atoms with Gasteiger partial charge in [-0.2, -0.15) is 0 Å². The van der Waals surface area contributed by atoms with Crippen LogP contribution in [-0.4, -0.2) is 52.7 Å². The largest absolute Gasteiger partial charge is 0.481 e. The third-order valence-electron chi connectivity index (χ3n) is 2.87. The molecule has 0 saturated carbocycles. The predicted molar refractivity (Wildman–Crippen MR) is 66.1 cm³/mol. The molecule has 0 spiro atoms. The van der Waals surface area contributed by atoms with E-state index in [0.29, 0.717) is 13.1 Å². The number of ether oxygens (including phenoxy) is 1. The number of carboxylic acids is 1. The molecule has 1 aliphatic heterocycles. The van der Waals surface area contributed by atoms with Gasteiger partial charge in [0.05, 0.1) is 17.7 Å². The van der Waals surface area contributed by atoms with Crippen LogP contribution in [0.4, 0.5) is 0 Å². The molecule has 1 amide bonds. The molecule has 0 aliphatic carbocycles. The van der Waals surface area contributed by atoms with E-state index in [1.165, 1.54) is 0 Å². The molecular weight excluding hydrogens is 236 g/mol. The zero-order valence-corrected chi connectivity index (χ0v) is 11.2. The zero-order valence-electron chi connectivity index (χ0n) is 11.2. The van der Waals surface area contributed by atoms with Crippen molar-refractivity contribution in [3.05, 3.63) is 0 Å². The van der Waals surface area contributed by atoms with Crippen LogP contribution in [-0.2, 0) is 14.3 Å². The summed E-state index contributed by atoms with van der Waals surface area (Å²) in [6.07, 6.45) is 0.0423. The highest BCUT2D eigenvalue weighted by molar-refractivity contribution is 5.82. The number of nitrogens with zero attached hydrogens (tertiary/aromatic N) is 1. The average molecular weight is 258 g/mol. The van der Waals surface area contributed by atoms with E-state index >= 15 is 0 Å². The Morgan fingerprint density at radius 1 is 1.56 bits per heavy atom. The SMILES string of the molecule is CC1CN(C(=O)C(N)CCC(=O)O)CC(C)(C)O1. The van der Waals surface area contributed by atoms with Crippen molar-refractivity contribution in [1.82, 2.24) is 4.90 Å². The summed E-state index contributed by atoms with van der Waals surface area (Å²) in [5.74, 6) is -1.13. The van der Waals surface area contributed by atoms with Gasteiger partial charge < -0.3 is 20.5 Å². The molecule has 1 heterocycles. The van der Waals surface area contributed by atoms with Gasteiger partial charge in [-0.1, -0.05) is 0 Å². The average Bonchev–Trinajstić information content (AvgIpc) is 2.21. The second kappa shape index (κ2) is 5.67. The predicted octanol–water partition coefficient (Wildman–Crippen LogP) is 0.204. The van der Waals surface area contributed by atoms with Gasteiger partial charge in [-0.25, -0.2) is 0 Å². The number of carbonyl (C=O) groups is 2. The molecule has 104 valence electrons. The van der Waals surface area contributed by atoms with Crippen molar-refractivity contribution in [2.24, 2.45) is 5.73 Å². The minimum Gasteiger partial charge on any atom is -0.481 e. The first-order valence-corrected chi connectivity index (χ1v) is 6.15. The molecule has 1 rings (SSSR count). The Hall–Kier alpha value is -1.14. The Bertz CT molecular complexity index is 330. The van der Waals surface area contributed by atoms with E-state index in [1.54, 1.807) is 4.90 Å². The molecule has 1 saturated heterocycles. The van der Waals surface area contributed by atoms with Gasteiger partial charge in [-0.05, 0) is 27.2 Å². The van der Waals surface area contributed by atoms with Crippen molar-refractivity contribution in [1.29, 1.82) is 0 Å².